The lowest BCUT2D eigenvalue weighted by atomic mass is 9.93. The van der Waals surface area contributed by atoms with Gasteiger partial charge in [0, 0.05) is 25.2 Å². The van der Waals surface area contributed by atoms with Gasteiger partial charge in [0.25, 0.3) is 0 Å². The zero-order valence-electron chi connectivity index (χ0n) is 13.1. The van der Waals surface area contributed by atoms with Crippen molar-refractivity contribution < 1.29 is 0 Å². The first kappa shape index (κ1) is 15.3. The Morgan fingerprint density at radius 1 is 1.26 bits per heavy atom. The molecule has 112 valence electrons. The summed E-state index contributed by atoms with van der Waals surface area (Å²) in [5.74, 6) is 1.49. The predicted octanol–water partition coefficient (Wildman–Crippen LogP) is 2.17. The van der Waals surface area contributed by atoms with Crippen LogP contribution in [0.4, 0.5) is 0 Å². The number of rotatable bonds is 6. The van der Waals surface area contributed by atoms with E-state index < -0.39 is 0 Å². The summed E-state index contributed by atoms with van der Waals surface area (Å²) in [5.41, 5.74) is 5.93. The second-order valence-corrected chi connectivity index (χ2v) is 7.15. The predicted molar refractivity (Wildman–Crippen MR) is 82.2 cm³/mol. The highest BCUT2D eigenvalue weighted by molar-refractivity contribution is 4.90. The molecule has 3 unspecified atom stereocenters. The van der Waals surface area contributed by atoms with E-state index >= 15 is 0 Å². The van der Waals surface area contributed by atoms with E-state index in [4.69, 9.17) is 5.73 Å². The fraction of sp³-hybridized carbons (Fsp3) is 1.00. The average molecular weight is 267 g/mol. The standard InChI is InChI=1S/C16H33N3/c1-13(2)9-15(10-17)6-8-18-12-16-5-4-7-19(16)11-14(18)3/h13-16H,4-12,17H2,1-3H3. The van der Waals surface area contributed by atoms with Crippen molar-refractivity contribution in [3.8, 4) is 0 Å². The minimum absolute atomic E-state index is 0.716. The molecular formula is C16H33N3. The van der Waals surface area contributed by atoms with Crippen LogP contribution in [0.1, 0.15) is 46.5 Å². The van der Waals surface area contributed by atoms with Crippen molar-refractivity contribution in [1.29, 1.82) is 0 Å². The highest BCUT2D eigenvalue weighted by Gasteiger charge is 2.34. The lowest BCUT2D eigenvalue weighted by Crippen LogP contribution is -2.55. The molecule has 3 heteroatoms. The Kier molecular flexibility index (Phi) is 5.67. The summed E-state index contributed by atoms with van der Waals surface area (Å²) in [6.45, 7) is 13.0. The molecular weight excluding hydrogens is 234 g/mol. The van der Waals surface area contributed by atoms with Crippen LogP contribution in [0, 0.1) is 11.8 Å². The van der Waals surface area contributed by atoms with Crippen LogP contribution in [0.3, 0.4) is 0 Å². The van der Waals surface area contributed by atoms with Crippen LogP contribution >= 0.6 is 0 Å². The lowest BCUT2D eigenvalue weighted by molar-refractivity contribution is 0.0550. The van der Waals surface area contributed by atoms with Gasteiger partial charge in [-0.05, 0) is 64.1 Å². The molecule has 3 atom stereocenters. The second-order valence-electron chi connectivity index (χ2n) is 7.15. The number of nitrogens with zero attached hydrogens (tertiary/aromatic N) is 2. The molecule has 0 aliphatic carbocycles. The van der Waals surface area contributed by atoms with Crippen molar-refractivity contribution in [3.05, 3.63) is 0 Å². The van der Waals surface area contributed by atoms with Gasteiger partial charge < -0.3 is 5.73 Å². The Hall–Kier alpha value is -0.120. The highest BCUT2D eigenvalue weighted by atomic mass is 15.3. The Morgan fingerprint density at radius 2 is 2.05 bits per heavy atom. The van der Waals surface area contributed by atoms with Gasteiger partial charge in [-0.1, -0.05) is 13.8 Å². The summed E-state index contributed by atoms with van der Waals surface area (Å²) < 4.78 is 0. The molecule has 3 nitrogen and oxygen atoms in total. The summed E-state index contributed by atoms with van der Waals surface area (Å²) in [7, 11) is 0. The maximum Gasteiger partial charge on any atom is 0.0224 e. The Balaban J connectivity index is 1.78. The number of nitrogens with two attached hydrogens (primary N) is 1. The molecule has 0 aromatic heterocycles. The second kappa shape index (κ2) is 7.05. The third-order valence-electron chi connectivity index (χ3n) is 5.03. The van der Waals surface area contributed by atoms with Crippen LogP contribution in [-0.2, 0) is 0 Å². The summed E-state index contributed by atoms with van der Waals surface area (Å²) in [4.78, 5) is 5.42. The zero-order valence-corrected chi connectivity index (χ0v) is 13.1. The van der Waals surface area contributed by atoms with Gasteiger partial charge in [0.1, 0.15) is 0 Å². The fourth-order valence-corrected chi connectivity index (χ4v) is 3.91. The molecule has 0 aromatic carbocycles. The molecule has 0 amide bonds. The summed E-state index contributed by atoms with van der Waals surface area (Å²) >= 11 is 0. The van der Waals surface area contributed by atoms with E-state index in [1.165, 1.54) is 51.9 Å². The van der Waals surface area contributed by atoms with E-state index in [0.29, 0.717) is 5.92 Å². The van der Waals surface area contributed by atoms with Crippen LogP contribution < -0.4 is 5.73 Å². The number of hydrogen-bond donors (Lipinski definition) is 1. The minimum atomic E-state index is 0.716. The molecule has 0 bridgehead atoms. The summed E-state index contributed by atoms with van der Waals surface area (Å²) in [6, 6.07) is 1.57. The smallest absolute Gasteiger partial charge is 0.0224 e. The first-order valence-electron chi connectivity index (χ1n) is 8.28. The fourth-order valence-electron chi connectivity index (χ4n) is 3.91. The van der Waals surface area contributed by atoms with Gasteiger partial charge in [-0.15, -0.1) is 0 Å². The first-order chi connectivity index (χ1) is 9.10. The first-order valence-corrected chi connectivity index (χ1v) is 8.28. The van der Waals surface area contributed by atoms with E-state index in [0.717, 1.165) is 24.5 Å². The zero-order chi connectivity index (χ0) is 13.8. The van der Waals surface area contributed by atoms with Gasteiger partial charge >= 0.3 is 0 Å². The molecule has 0 saturated carbocycles. The van der Waals surface area contributed by atoms with Gasteiger partial charge in [0.2, 0.25) is 0 Å². The molecule has 2 aliphatic heterocycles. The Labute approximate surface area is 119 Å². The van der Waals surface area contributed by atoms with Crippen molar-refractivity contribution in [1.82, 2.24) is 9.80 Å². The number of hydrogen-bond acceptors (Lipinski definition) is 3. The molecule has 2 aliphatic rings. The lowest BCUT2D eigenvalue weighted by Gasteiger charge is -2.42. The van der Waals surface area contributed by atoms with Crippen LogP contribution in [0.2, 0.25) is 0 Å². The third kappa shape index (κ3) is 4.17. The van der Waals surface area contributed by atoms with E-state index in [2.05, 4.69) is 30.6 Å². The van der Waals surface area contributed by atoms with Crippen molar-refractivity contribution in [2.24, 2.45) is 17.6 Å². The topological polar surface area (TPSA) is 32.5 Å². The number of fused-ring (bicyclic) bond motifs is 1. The maximum absolute atomic E-state index is 5.93. The SMILES string of the molecule is CC(C)CC(CN)CCN1CC2CCCN2CC1C. The molecule has 0 aromatic rings. The van der Waals surface area contributed by atoms with E-state index in [9.17, 15) is 0 Å². The monoisotopic (exact) mass is 267 g/mol. The van der Waals surface area contributed by atoms with Crippen molar-refractivity contribution >= 4 is 0 Å². The maximum atomic E-state index is 5.93. The van der Waals surface area contributed by atoms with Crippen LogP contribution in [-0.4, -0.2) is 54.6 Å². The molecule has 2 saturated heterocycles. The minimum Gasteiger partial charge on any atom is -0.330 e. The van der Waals surface area contributed by atoms with E-state index in [-0.39, 0.29) is 0 Å². The van der Waals surface area contributed by atoms with Gasteiger partial charge in [-0.25, -0.2) is 0 Å². The Morgan fingerprint density at radius 3 is 2.74 bits per heavy atom. The molecule has 0 radical (unpaired) electrons. The number of piperazine rings is 1. The molecule has 2 N–H and O–H groups in total. The largest absolute Gasteiger partial charge is 0.330 e. The van der Waals surface area contributed by atoms with Crippen LogP contribution in [0.5, 0.6) is 0 Å². The molecule has 2 heterocycles. The summed E-state index contributed by atoms with van der Waals surface area (Å²) in [6.07, 6.45) is 5.39. The van der Waals surface area contributed by atoms with E-state index in [1.807, 2.05) is 0 Å². The highest BCUT2D eigenvalue weighted by Crippen LogP contribution is 2.25. The molecule has 2 rings (SSSR count). The van der Waals surface area contributed by atoms with Crippen LogP contribution in [0.15, 0.2) is 0 Å². The van der Waals surface area contributed by atoms with Crippen LogP contribution in [0.25, 0.3) is 0 Å². The Bertz CT molecular complexity index is 267. The van der Waals surface area contributed by atoms with Gasteiger partial charge in [-0.3, -0.25) is 9.80 Å². The van der Waals surface area contributed by atoms with E-state index in [1.54, 1.807) is 0 Å². The van der Waals surface area contributed by atoms with Gasteiger partial charge in [0.15, 0.2) is 0 Å². The third-order valence-corrected chi connectivity index (χ3v) is 5.03. The molecule has 2 fully saturated rings. The van der Waals surface area contributed by atoms with Crippen molar-refractivity contribution in [3.63, 3.8) is 0 Å². The van der Waals surface area contributed by atoms with Crippen molar-refractivity contribution in [2.75, 3.05) is 32.7 Å². The van der Waals surface area contributed by atoms with Gasteiger partial charge in [0.05, 0.1) is 0 Å². The van der Waals surface area contributed by atoms with Crippen molar-refractivity contribution in [2.45, 2.75) is 58.5 Å². The van der Waals surface area contributed by atoms with Gasteiger partial charge in [-0.2, -0.15) is 0 Å². The quantitative estimate of drug-likeness (QED) is 0.800. The normalized spacial score (nSPS) is 30.8. The summed E-state index contributed by atoms with van der Waals surface area (Å²) in [5, 5.41) is 0. The average Bonchev–Trinajstić information content (AvgIpc) is 2.80. The molecule has 19 heavy (non-hydrogen) atoms. The molecule has 0 spiro atoms.